The maximum atomic E-state index is 12.5. The lowest BCUT2D eigenvalue weighted by Crippen LogP contribution is -2.52. The lowest BCUT2D eigenvalue weighted by Gasteiger charge is -2.34. The van der Waals surface area contributed by atoms with Crippen molar-refractivity contribution in [3.05, 3.63) is 0 Å². The molecule has 21 heavy (non-hydrogen) atoms. The maximum Gasteiger partial charge on any atom is 0.336 e. The van der Waals surface area contributed by atoms with Crippen LogP contribution < -0.4 is 0 Å². The number of carbonyl (C=O) groups is 1. The second kappa shape index (κ2) is 6.19. The Morgan fingerprint density at radius 1 is 1.29 bits per heavy atom. The summed E-state index contributed by atoms with van der Waals surface area (Å²) in [5, 5.41) is -0.711. The summed E-state index contributed by atoms with van der Waals surface area (Å²) in [5.74, 6) is -0.829. The van der Waals surface area contributed by atoms with E-state index in [1.807, 2.05) is 0 Å². The maximum absolute atomic E-state index is 12.5. The van der Waals surface area contributed by atoms with Crippen LogP contribution in [0.5, 0.6) is 0 Å². The van der Waals surface area contributed by atoms with Crippen LogP contribution in [0.3, 0.4) is 0 Å². The van der Waals surface area contributed by atoms with Gasteiger partial charge in [0.2, 0.25) is 10.0 Å². The minimum atomic E-state index is -3.63. The molecular weight excluding hydrogens is 322 g/mol. The molecule has 0 aliphatic carbocycles. The summed E-state index contributed by atoms with van der Waals surface area (Å²) < 4.78 is 58.8. The molecule has 0 spiro atoms. The number of sulfonamides is 1. The van der Waals surface area contributed by atoms with Crippen molar-refractivity contribution in [2.45, 2.75) is 24.2 Å². The van der Waals surface area contributed by atoms with E-state index >= 15 is 0 Å². The monoisotopic (exact) mass is 341 g/mol. The van der Waals surface area contributed by atoms with Gasteiger partial charge in [-0.15, -0.1) is 0 Å². The van der Waals surface area contributed by atoms with Gasteiger partial charge >= 0.3 is 5.97 Å². The minimum Gasteiger partial charge on any atom is -0.467 e. The van der Waals surface area contributed by atoms with E-state index in [2.05, 4.69) is 4.74 Å². The van der Waals surface area contributed by atoms with E-state index in [1.165, 1.54) is 11.4 Å². The Bertz CT molecular complexity index is 584. The molecule has 0 aromatic rings. The lowest BCUT2D eigenvalue weighted by atomic mass is 10.2. The predicted molar refractivity (Wildman–Crippen MR) is 73.9 cm³/mol. The van der Waals surface area contributed by atoms with Crippen molar-refractivity contribution < 1.29 is 31.1 Å². The van der Waals surface area contributed by atoms with E-state index in [9.17, 15) is 21.6 Å². The van der Waals surface area contributed by atoms with Gasteiger partial charge in [0.1, 0.15) is 9.84 Å². The van der Waals surface area contributed by atoms with Crippen LogP contribution in [0.2, 0.25) is 0 Å². The Morgan fingerprint density at radius 2 is 1.90 bits per heavy atom. The summed E-state index contributed by atoms with van der Waals surface area (Å²) in [6.45, 7) is 0.196. The van der Waals surface area contributed by atoms with Crippen LogP contribution in [0.25, 0.3) is 0 Å². The molecular formula is C11H19NO7S2. The third-order valence-corrected chi connectivity index (χ3v) is 7.86. The molecule has 0 saturated carbocycles. The highest BCUT2D eigenvalue weighted by Crippen LogP contribution is 2.24. The highest BCUT2D eigenvalue weighted by Gasteiger charge is 2.40. The summed E-state index contributed by atoms with van der Waals surface area (Å²) in [7, 11) is -5.53. The van der Waals surface area contributed by atoms with Crippen LogP contribution in [0.4, 0.5) is 0 Å². The van der Waals surface area contributed by atoms with Gasteiger partial charge in [-0.3, -0.25) is 0 Å². The van der Waals surface area contributed by atoms with Crippen molar-refractivity contribution in [1.82, 2.24) is 4.31 Å². The fourth-order valence-electron chi connectivity index (χ4n) is 2.51. The molecule has 122 valence electrons. The number of carbonyl (C=O) groups excluding carboxylic acids is 1. The van der Waals surface area contributed by atoms with Crippen LogP contribution >= 0.6 is 0 Å². The number of hydrogen-bond acceptors (Lipinski definition) is 7. The smallest absolute Gasteiger partial charge is 0.336 e. The van der Waals surface area contributed by atoms with E-state index < -0.39 is 37.2 Å². The molecule has 0 bridgehead atoms. The molecule has 8 nitrogen and oxygen atoms in total. The zero-order valence-corrected chi connectivity index (χ0v) is 13.4. The number of morpholine rings is 1. The van der Waals surface area contributed by atoms with E-state index in [4.69, 9.17) is 4.74 Å². The number of esters is 1. The molecule has 2 fully saturated rings. The number of rotatable bonds is 3. The summed E-state index contributed by atoms with van der Waals surface area (Å²) in [4.78, 5) is 11.5. The largest absolute Gasteiger partial charge is 0.467 e. The molecule has 2 saturated heterocycles. The Kier molecular flexibility index (Phi) is 4.91. The highest BCUT2D eigenvalue weighted by molar-refractivity contribution is 7.92. The second-order valence-corrected chi connectivity index (χ2v) is 9.65. The van der Waals surface area contributed by atoms with Gasteiger partial charge in [0, 0.05) is 6.54 Å². The summed E-state index contributed by atoms with van der Waals surface area (Å²) in [6.07, 6.45) is -0.721. The van der Waals surface area contributed by atoms with Gasteiger partial charge in [-0.05, 0) is 12.8 Å². The SMILES string of the molecule is COC(=O)C1CN(S(=O)(=O)C2CCS(=O)(=O)CC2)CCO1. The highest BCUT2D eigenvalue weighted by atomic mass is 32.2. The zero-order chi connectivity index (χ0) is 15.7. The van der Waals surface area contributed by atoms with Crippen molar-refractivity contribution >= 4 is 25.8 Å². The first-order valence-electron chi connectivity index (χ1n) is 6.65. The van der Waals surface area contributed by atoms with Crippen molar-refractivity contribution in [3.8, 4) is 0 Å². The Labute approximate surface area is 124 Å². The minimum absolute atomic E-state index is 0.0851. The number of hydrogen-bond donors (Lipinski definition) is 0. The van der Waals surface area contributed by atoms with E-state index in [0.29, 0.717) is 0 Å². The number of sulfone groups is 1. The molecule has 0 aromatic heterocycles. The first-order valence-corrected chi connectivity index (χ1v) is 9.97. The molecule has 2 rings (SSSR count). The summed E-state index contributed by atoms with van der Waals surface area (Å²) in [6, 6.07) is 0. The first-order chi connectivity index (χ1) is 9.76. The standard InChI is InChI=1S/C11H19NO7S2/c1-18-11(13)10-8-12(4-5-19-10)21(16,17)9-2-6-20(14,15)7-3-9/h9-10H,2-8H2,1H3. The Hall–Kier alpha value is -0.710. The topological polar surface area (TPSA) is 107 Å². The number of methoxy groups -OCH3 is 1. The fourth-order valence-corrected chi connectivity index (χ4v) is 6.22. The van der Waals surface area contributed by atoms with Gasteiger partial charge in [0.05, 0.1) is 37.0 Å². The first kappa shape index (κ1) is 16.7. The Morgan fingerprint density at radius 3 is 2.48 bits per heavy atom. The fraction of sp³-hybridized carbons (Fsp3) is 0.909. The van der Waals surface area contributed by atoms with Crippen LogP contribution in [-0.4, -0.2) is 76.8 Å². The quantitative estimate of drug-likeness (QED) is 0.591. The molecule has 1 atom stereocenters. The molecule has 1 unspecified atom stereocenters. The van der Waals surface area contributed by atoms with Crippen molar-refractivity contribution in [1.29, 1.82) is 0 Å². The lowest BCUT2D eigenvalue weighted by molar-refractivity contribution is -0.157. The average molecular weight is 341 g/mol. The number of nitrogens with zero attached hydrogens (tertiary/aromatic N) is 1. The van der Waals surface area contributed by atoms with E-state index in [0.717, 1.165) is 0 Å². The molecule has 0 amide bonds. The molecule has 0 N–H and O–H groups in total. The van der Waals surface area contributed by atoms with Gasteiger partial charge in [-0.25, -0.2) is 21.6 Å². The van der Waals surface area contributed by atoms with E-state index in [1.54, 1.807) is 0 Å². The molecule has 0 aromatic carbocycles. The van der Waals surface area contributed by atoms with Crippen LogP contribution in [-0.2, 0) is 34.1 Å². The molecule has 10 heteroatoms. The molecule has 2 heterocycles. The molecule has 2 aliphatic rings. The normalized spacial score (nSPS) is 28.1. The third-order valence-electron chi connectivity index (χ3n) is 3.78. The van der Waals surface area contributed by atoms with Crippen molar-refractivity contribution in [2.24, 2.45) is 0 Å². The summed E-state index contributed by atoms with van der Waals surface area (Å²) in [5.41, 5.74) is 0. The molecule has 0 radical (unpaired) electrons. The summed E-state index contributed by atoms with van der Waals surface area (Å²) >= 11 is 0. The third kappa shape index (κ3) is 3.74. The molecule has 2 aliphatic heterocycles. The van der Waals surface area contributed by atoms with Crippen molar-refractivity contribution in [3.63, 3.8) is 0 Å². The van der Waals surface area contributed by atoms with Crippen molar-refractivity contribution in [2.75, 3.05) is 38.3 Å². The van der Waals surface area contributed by atoms with E-state index in [-0.39, 0.29) is 44.0 Å². The Balaban J connectivity index is 2.07. The van der Waals surface area contributed by atoms with Gasteiger partial charge in [0.15, 0.2) is 6.10 Å². The van der Waals surface area contributed by atoms with Gasteiger partial charge < -0.3 is 9.47 Å². The predicted octanol–water partition coefficient (Wildman–Crippen LogP) is -1.23. The van der Waals surface area contributed by atoms with Crippen LogP contribution in [0.15, 0.2) is 0 Å². The zero-order valence-electron chi connectivity index (χ0n) is 11.7. The van der Waals surface area contributed by atoms with Gasteiger partial charge in [-0.2, -0.15) is 4.31 Å². The second-order valence-electron chi connectivity index (χ2n) is 5.14. The average Bonchev–Trinajstić information content (AvgIpc) is 2.46. The van der Waals surface area contributed by atoms with Crippen LogP contribution in [0, 0.1) is 0 Å². The number of ether oxygens (including phenoxy) is 2. The van der Waals surface area contributed by atoms with Gasteiger partial charge in [0.25, 0.3) is 0 Å². The van der Waals surface area contributed by atoms with Crippen LogP contribution in [0.1, 0.15) is 12.8 Å². The van der Waals surface area contributed by atoms with Gasteiger partial charge in [-0.1, -0.05) is 0 Å².